The van der Waals surface area contributed by atoms with Crippen molar-refractivity contribution in [2.75, 3.05) is 28.3 Å². The van der Waals surface area contributed by atoms with E-state index in [0.717, 1.165) is 54.9 Å². The Balaban J connectivity index is 1.78. The Morgan fingerprint density at radius 2 is 2.10 bits per heavy atom. The van der Waals surface area contributed by atoms with Gasteiger partial charge in [0, 0.05) is 50.0 Å². The van der Waals surface area contributed by atoms with Crippen LogP contribution in [-0.4, -0.2) is 54.9 Å². The molecule has 7 nitrogen and oxygen atoms in total. The van der Waals surface area contributed by atoms with Crippen LogP contribution in [0.1, 0.15) is 47.1 Å². The van der Waals surface area contributed by atoms with Crippen molar-refractivity contribution in [1.82, 2.24) is 20.0 Å². The monoisotopic (exact) mass is 400 g/mol. The average Bonchev–Trinajstić information content (AvgIpc) is 3.09. The van der Waals surface area contributed by atoms with Gasteiger partial charge in [-0.15, -0.1) is 0 Å². The summed E-state index contributed by atoms with van der Waals surface area (Å²) in [7, 11) is 6.87. The van der Waals surface area contributed by atoms with E-state index in [1.165, 1.54) is 5.69 Å². The molecular weight excluding hydrogens is 368 g/mol. The summed E-state index contributed by atoms with van der Waals surface area (Å²) in [6.07, 6.45) is 3.75. The molecule has 1 aromatic carbocycles. The van der Waals surface area contributed by atoms with E-state index in [2.05, 4.69) is 17.3 Å². The molecule has 0 aliphatic heterocycles. The second-order valence-corrected chi connectivity index (χ2v) is 7.67. The number of methoxy groups -OCH3 is 2. The van der Waals surface area contributed by atoms with Gasteiger partial charge in [0.2, 0.25) is 0 Å². The van der Waals surface area contributed by atoms with Crippen LogP contribution >= 0.6 is 0 Å². The number of hydrogen-bond donors (Lipinski definition) is 1. The van der Waals surface area contributed by atoms with Crippen molar-refractivity contribution in [2.45, 2.75) is 51.7 Å². The maximum Gasteiger partial charge on any atom is 0.274 e. The molecule has 1 amide bonds. The summed E-state index contributed by atoms with van der Waals surface area (Å²) >= 11 is 0. The standard InChI is InChI=1S/C22H32N4O3/c1-6-12-26-18-11-10-16(13-17(18)20(24-26)22(27)25(2)3)23-14-15-8-7-9-19(28-4)21(15)29-5/h7-9,16,23H,6,10-14H2,1-5H3. The number of aryl methyl sites for hydroxylation is 1. The number of carbonyl (C=O) groups is 1. The quantitative estimate of drug-likeness (QED) is 0.738. The van der Waals surface area contributed by atoms with E-state index in [1.807, 2.05) is 22.9 Å². The third kappa shape index (κ3) is 4.40. The van der Waals surface area contributed by atoms with Crippen LogP contribution in [0.3, 0.4) is 0 Å². The molecule has 1 heterocycles. The van der Waals surface area contributed by atoms with E-state index in [0.29, 0.717) is 12.2 Å². The molecular formula is C22H32N4O3. The molecule has 1 aliphatic rings. The maximum absolute atomic E-state index is 12.7. The zero-order valence-electron chi connectivity index (χ0n) is 18.1. The fourth-order valence-corrected chi connectivity index (χ4v) is 3.99. The summed E-state index contributed by atoms with van der Waals surface area (Å²) < 4.78 is 13.0. The molecule has 0 radical (unpaired) electrons. The van der Waals surface area contributed by atoms with Crippen molar-refractivity contribution in [3.8, 4) is 11.5 Å². The summed E-state index contributed by atoms with van der Waals surface area (Å²) in [4.78, 5) is 14.3. The molecule has 0 saturated heterocycles. The van der Waals surface area contributed by atoms with Gasteiger partial charge in [-0.05, 0) is 31.7 Å². The van der Waals surface area contributed by atoms with Crippen molar-refractivity contribution in [3.05, 3.63) is 40.7 Å². The lowest BCUT2D eigenvalue weighted by Gasteiger charge is -2.25. The van der Waals surface area contributed by atoms with Crippen LogP contribution in [-0.2, 0) is 25.9 Å². The van der Waals surface area contributed by atoms with E-state index in [1.54, 1.807) is 33.2 Å². The molecule has 7 heteroatoms. The molecule has 1 aromatic heterocycles. The van der Waals surface area contributed by atoms with Crippen LogP contribution in [0, 0.1) is 0 Å². The number of fused-ring (bicyclic) bond motifs is 1. The Hall–Kier alpha value is -2.54. The lowest BCUT2D eigenvalue weighted by atomic mass is 9.91. The molecule has 158 valence electrons. The average molecular weight is 401 g/mol. The van der Waals surface area contributed by atoms with E-state index >= 15 is 0 Å². The molecule has 0 saturated carbocycles. The minimum Gasteiger partial charge on any atom is -0.493 e. The van der Waals surface area contributed by atoms with Crippen LogP contribution in [0.5, 0.6) is 11.5 Å². The molecule has 0 bridgehead atoms. The molecule has 3 rings (SSSR count). The Labute approximate surface area is 173 Å². The normalized spacial score (nSPS) is 15.7. The fraction of sp³-hybridized carbons (Fsp3) is 0.545. The van der Waals surface area contributed by atoms with Gasteiger partial charge >= 0.3 is 0 Å². The summed E-state index contributed by atoms with van der Waals surface area (Å²) in [6.45, 7) is 3.67. The Kier molecular flexibility index (Phi) is 6.79. The first-order valence-electron chi connectivity index (χ1n) is 10.2. The summed E-state index contributed by atoms with van der Waals surface area (Å²) in [6, 6.07) is 6.20. The maximum atomic E-state index is 12.7. The van der Waals surface area contributed by atoms with Gasteiger partial charge in [0.15, 0.2) is 17.2 Å². The number of amides is 1. The second-order valence-electron chi connectivity index (χ2n) is 7.67. The van der Waals surface area contributed by atoms with Crippen molar-refractivity contribution in [3.63, 3.8) is 0 Å². The lowest BCUT2D eigenvalue weighted by molar-refractivity contribution is 0.0819. The molecule has 0 spiro atoms. The molecule has 1 aliphatic carbocycles. The van der Waals surface area contributed by atoms with Crippen molar-refractivity contribution >= 4 is 5.91 Å². The first-order valence-corrected chi connectivity index (χ1v) is 10.2. The first kappa shape index (κ1) is 21.2. The third-order valence-corrected chi connectivity index (χ3v) is 5.46. The van der Waals surface area contributed by atoms with Gasteiger partial charge in [0.05, 0.1) is 14.2 Å². The van der Waals surface area contributed by atoms with Gasteiger partial charge < -0.3 is 19.7 Å². The number of para-hydroxylation sites is 1. The van der Waals surface area contributed by atoms with Crippen molar-refractivity contribution in [1.29, 1.82) is 0 Å². The molecule has 1 N–H and O–H groups in total. The molecule has 2 aromatic rings. The highest BCUT2D eigenvalue weighted by atomic mass is 16.5. The van der Waals surface area contributed by atoms with Crippen LogP contribution in [0.4, 0.5) is 0 Å². The van der Waals surface area contributed by atoms with E-state index in [-0.39, 0.29) is 11.9 Å². The predicted octanol–water partition coefficient (Wildman–Crippen LogP) is 2.66. The highest BCUT2D eigenvalue weighted by Crippen LogP contribution is 2.31. The number of carbonyl (C=O) groups excluding carboxylic acids is 1. The molecule has 0 fully saturated rings. The number of benzene rings is 1. The summed E-state index contributed by atoms with van der Waals surface area (Å²) in [5.41, 5.74) is 3.97. The zero-order valence-corrected chi connectivity index (χ0v) is 18.1. The highest BCUT2D eigenvalue weighted by Gasteiger charge is 2.29. The third-order valence-electron chi connectivity index (χ3n) is 5.46. The van der Waals surface area contributed by atoms with Gasteiger partial charge in [-0.25, -0.2) is 0 Å². The minimum atomic E-state index is -0.0220. The minimum absolute atomic E-state index is 0.0220. The van der Waals surface area contributed by atoms with Gasteiger partial charge in [0.1, 0.15) is 0 Å². The largest absolute Gasteiger partial charge is 0.493 e. The zero-order chi connectivity index (χ0) is 21.0. The smallest absolute Gasteiger partial charge is 0.274 e. The van der Waals surface area contributed by atoms with Gasteiger partial charge in [0.25, 0.3) is 5.91 Å². The Morgan fingerprint density at radius 3 is 2.76 bits per heavy atom. The number of aromatic nitrogens is 2. The van der Waals surface area contributed by atoms with Crippen LogP contribution in [0.15, 0.2) is 18.2 Å². The molecule has 1 unspecified atom stereocenters. The first-order chi connectivity index (χ1) is 14.0. The molecule has 1 atom stereocenters. The number of nitrogens with zero attached hydrogens (tertiary/aromatic N) is 3. The predicted molar refractivity (Wildman–Crippen MR) is 113 cm³/mol. The number of nitrogens with one attached hydrogen (secondary N) is 1. The van der Waals surface area contributed by atoms with Crippen LogP contribution < -0.4 is 14.8 Å². The fourth-order valence-electron chi connectivity index (χ4n) is 3.99. The van der Waals surface area contributed by atoms with Crippen LogP contribution in [0.2, 0.25) is 0 Å². The summed E-state index contributed by atoms with van der Waals surface area (Å²) in [5.74, 6) is 1.47. The van der Waals surface area contributed by atoms with Gasteiger partial charge in [-0.3, -0.25) is 9.48 Å². The van der Waals surface area contributed by atoms with Crippen LogP contribution in [0.25, 0.3) is 0 Å². The number of ether oxygens (including phenoxy) is 2. The molecule has 29 heavy (non-hydrogen) atoms. The SMILES string of the molecule is CCCn1nc(C(=O)N(C)C)c2c1CCC(NCc1cccc(OC)c1OC)C2. The lowest BCUT2D eigenvalue weighted by Crippen LogP contribution is -2.35. The Bertz CT molecular complexity index is 860. The van der Waals surface area contributed by atoms with Crippen molar-refractivity contribution < 1.29 is 14.3 Å². The number of rotatable bonds is 8. The summed E-state index contributed by atoms with van der Waals surface area (Å²) in [5, 5.41) is 8.31. The van der Waals surface area contributed by atoms with E-state index < -0.39 is 0 Å². The Morgan fingerprint density at radius 1 is 1.31 bits per heavy atom. The van der Waals surface area contributed by atoms with Gasteiger partial charge in [-0.1, -0.05) is 19.1 Å². The van der Waals surface area contributed by atoms with E-state index in [9.17, 15) is 4.79 Å². The highest BCUT2D eigenvalue weighted by molar-refractivity contribution is 5.93. The number of hydrogen-bond acceptors (Lipinski definition) is 5. The van der Waals surface area contributed by atoms with Crippen molar-refractivity contribution in [2.24, 2.45) is 0 Å². The van der Waals surface area contributed by atoms with E-state index in [4.69, 9.17) is 9.47 Å². The second kappa shape index (κ2) is 9.31. The van der Waals surface area contributed by atoms with Gasteiger partial charge in [-0.2, -0.15) is 5.10 Å². The topological polar surface area (TPSA) is 68.6 Å².